The molecule has 0 amide bonds. The highest BCUT2D eigenvalue weighted by atomic mass is 79.9. The lowest BCUT2D eigenvalue weighted by atomic mass is 10.1. The minimum absolute atomic E-state index is 0.198. The van der Waals surface area contributed by atoms with E-state index in [9.17, 15) is 4.39 Å². The third-order valence-electron chi connectivity index (χ3n) is 2.77. The zero-order valence-electron chi connectivity index (χ0n) is 10.4. The first kappa shape index (κ1) is 13.6. The van der Waals surface area contributed by atoms with Gasteiger partial charge in [-0.1, -0.05) is 29.8 Å². The highest BCUT2D eigenvalue weighted by molar-refractivity contribution is 9.10. The summed E-state index contributed by atoms with van der Waals surface area (Å²) in [5.74, 6) is -0.438. The van der Waals surface area contributed by atoms with E-state index < -0.39 is 5.82 Å². The summed E-state index contributed by atoms with van der Waals surface area (Å²) < 4.78 is 14.2. The Hall–Kier alpha value is -1.86. The number of benzene rings is 2. The van der Waals surface area contributed by atoms with Gasteiger partial charge >= 0.3 is 0 Å². The molecule has 0 saturated heterocycles. The van der Waals surface area contributed by atoms with Gasteiger partial charge in [0, 0.05) is 6.54 Å². The molecule has 96 valence electrons. The average molecular weight is 319 g/mol. The lowest BCUT2D eigenvalue weighted by molar-refractivity contribution is 0.623. The van der Waals surface area contributed by atoms with E-state index in [1.54, 1.807) is 12.1 Å². The van der Waals surface area contributed by atoms with Crippen LogP contribution in [0, 0.1) is 24.1 Å². The summed E-state index contributed by atoms with van der Waals surface area (Å²) in [7, 11) is 0. The summed E-state index contributed by atoms with van der Waals surface area (Å²) in [6.07, 6.45) is 0. The fraction of sp³-hybridized carbons (Fsp3) is 0.133. The SMILES string of the molecule is Cc1cccc(CNc2ccc(C#N)c(Br)c2F)c1. The van der Waals surface area contributed by atoms with Crippen molar-refractivity contribution in [2.24, 2.45) is 0 Å². The second-order valence-electron chi connectivity index (χ2n) is 4.24. The zero-order valence-corrected chi connectivity index (χ0v) is 12.0. The second kappa shape index (κ2) is 5.85. The summed E-state index contributed by atoms with van der Waals surface area (Å²) >= 11 is 3.09. The Balaban J connectivity index is 2.17. The van der Waals surface area contributed by atoms with Gasteiger partial charge in [0.25, 0.3) is 0 Å². The van der Waals surface area contributed by atoms with Crippen molar-refractivity contribution in [2.75, 3.05) is 5.32 Å². The maximum absolute atomic E-state index is 14.0. The van der Waals surface area contributed by atoms with E-state index in [2.05, 4.69) is 21.2 Å². The molecular formula is C15H12BrFN2. The van der Waals surface area contributed by atoms with Crippen LogP contribution in [0.4, 0.5) is 10.1 Å². The first-order chi connectivity index (χ1) is 9.11. The number of nitrogens with zero attached hydrogens (tertiary/aromatic N) is 1. The van der Waals surface area contributed by atoms with Crippen molar-refractivity contribution in [1.82, 2.24) is 0 Å². The largest absolute Gasteiger partial charge is 0.379 e. The first-order valence-electron chi connectivity index (χ1n) is 5.79. The molecular weight excluding hydrogens is 307 g/mol. The topological polar surface area (TPSA) is 35.8 Å². The molecule has 19 heavy (non-hydrogen) atoms. The highest BCUT2D eigenvalue weighted by Gasteiger charge is 2.10. The normalized spacial score (nSPS) is 10.0. The van der Waals surface area contributed by atoms with E-state index in [0.717, 1.165) is 5.56 Å². The standard InChI is InChI=1S/C15H12BrFN2/c1-10-3-2-4-11(7-10)9-19-13-6-5-12(8-18)14(16)15(13)17/h2-7,19H,9H2,1H3. The van der Waals surface area contributed by atoms with Gasteiger partial charge in [0.15, 0.2) is 5.82 Å². The van der Waals surface area contributed by atoms with Gasteiger partial charge in [-0.3, -0.25) is 0 Å². The number of rotatable bonds is 3. The number of anilines is 1. The van der Waals surface area contributed by atoms with Crippen LogP contribution in [0.25, 0.3) is 0 Å². The summed E-state index contributed by atoms with van der Waals surface area (Å²) in [6.45, 7) is 2.55. The van der Waals surface area contributed by atoms with E-state index in [0.29, 0.717) is 17.8 Å². The van der Waals surface area contributed by atoms with Gasteiger partial charge in [0.05, 0.1) is 15.7 Å². The maximum Gasteiger partial charge on any atom is 0.161 e. The molecule has 2 nitrogen and oxygen atoms in total. The molecule has 0 saturated carbocycles. The first-order valence-corrected chi connectivity index (χ1v) is 6.58. The predicted octanol–water partition coefficient (Wildman–Crippen LogP) is 4.38. The Kier molecular flexibility index (Phi) is 4.18. The van der Waals surface area contributed by atoms with E-state index in [4.69, 9.17) is 5.26 Å². The molecule has 0 spiro atoms. The molecule has 2 aromatic rings. The van der Waals surface area contributed by atoms with Crippen molar-refractivity contribution in [3.63, 3.8) is 0 Å². The molecule has 0 aliphatic heterocycles. The van der Waals surface area contributed by atoms with Crippen molar-refractivity contribution >= 4 is 21.6 Å². The molecule has 0 radical (unpaired) electrons. The van der Waals surface area contributed by atoms with Crippen LogP contribution in [-0.2, 0) is 6.54 Å². The van der Waals surface area contributed by atoms with Gasteiger partial charge in [0.2, 0.25) is 0 Å². The molecule has 0 aliphatic carbocycles. The van der Waals surface area contributed by atoms with Crippen LogP contribution in [0.1, 0.15) is 16.7 Å². The summed E-state index contributed by atoms with van der Waals surface area (Å²) in [5.41, 5.74) is 2.92. The lowest BCUT2D eigenvalue weighted by Crippen LogP contribution is -2.02. The minimum atomic E-state index is -0.438. The Morgan fingerprint density at radius 1 is 1.32 bits per heavy atom. The van der Waals surface area contributed by atoms with Gasteiger partial charge < -0.3 is 5.32 Å². The molecule has 0 fully saturated rings. The van der Waals surface area contributed by atoms with Crippen molar-refractivity contribution < 1.29 is 4.39 Å². The van der Waals surface area contributed by atoms with Crippen LogP contribution in [-0.4, -0.2) is 0 Å². The van der Waals surface area contributed by atoms with Crippen molar-refractivity contribution in [1.29, 1.82) is 5.26 Å². The number of halogens is 2. The molecule has 4 heteroatoms. The van der Waals surface area contributed by atoms with E-state index in [-0.39, 0.29) is 4.47 Å². The fourth-order valence-electron chi connectivity index (χ4n) is 1.79. The molecule has 2 aromatic carbocycles. The van der Waals surface area contributed by atoms with Crippen LogP contribution in [0.15, 0.2) is 40.9 Å². The zero-order chi connectivity index (χ0) is 13.8. The number of aryl methyl sites for hydroxylation is 1. The number of hydrogen-bond acceptors (Lipinski definition) is 2. The smallest absolute Gasteiger partial charge is 0.161 e. The molecule has 0 unspecified atom stereocenters. The van der Waals surface area contributed by atoms with Gasteiger partial charge in [-0.15, -0.1) is 0 Å². The van der Waals surface area contributed by atoms with Crippen molar-refractivity contribution in [3.8, 4) is 6.07 Å². The van der Waals surface area contributed by atoms with Crippen LogP contribution < -0.4 is 5.32 Å². The Morgan fingerprint density at radius 2 is 2.11 bits per heavy atom. The van der Waals surface area contributed by atoms with Gasteiger partial charge in [-0.25, -0.2) is 4.39 Å². The fourth-order valence-corrected chi connectivity index (χ4v) is 2.23. The lowest BCUT2D eigenvalue weighted by Gasteiger charge is -2.10. The summed E-state index contributed by atoms with van der Waals surface area (Å²) in [5, 5.41) is 11.8. The van der Waals surface area contributed by atoms with Gasteiger partial charge in [-0.05, 0) is 40.5 Å². The van der Waals surface area contributed by atoms with Gasteiger partial charge in [0.1, 0.15) is 6.07 Å². The second-order valence-corrected chi connectivity index (χ2v) is 5.04. The van der Waals surface area contributed by atoms with Crippen molar-refractivity contribution in [3.05, 3.63) is 63.4 Å². The molecule has 2 rings (SSSR count). The maximum atomic E-state index is 14.0. The summed E-state index contributed by atoms with van der Waals surface area (Å²) in [4.78, 5) is 0. The van der Waals surface area contributed by atoms with Crippen LogP contribution >= 0.6 is 15.9 Å². The number of hydrogen-bond donors (Lipinski definition) is 1. The predicted molar refractivity (Wildman–Crippen MR) is 77.3 cm³/mol. The van der Waals surface area contributed by atoms with E-state index >= 15 is 0 Å². The molecule has 0 aliphatic rings. The van der Waals surface area contributed by atoms with Crippen LogP contribution in [0.3, 0.4) is 0 Å². The minimum Gasteiger partial charge on any atom is -0.379 e. The highest BCUT2D eigenvalue weighted by Crippen LogP contribution is 2.26. The Morgan fingerprint density at radius 3 is 2.79 bits per heavy atom. The van der Waals surface area contributed by atoms with Gasteiger partial charge in [-0.2, -0.15) is 5.26 Å². The Bertz CT molecular complexity index is 647. The molecule has 0 aromatic heterocycles. The molecule has 0 atom stereocenters. The van der Waals surface area contributed by atoms with E-state index in [1.165, 1.54) is 5.56 Å². The molecule has 0 heterocycles. The third kappa shape index (κ3) is 3.12. The quantitative estimate of drug-likeness (QED) is 0.911. The van der Waals surface area contributed by atoms with Crippen LogP contribution in [0.5, 0.6) is 0 Å². The number of nitrogens with one attached hydrogen (secondary N) is 1. The summed E-state index contributed by atoms with van der Waals surface area (Å²) in [6, 6.07) is 13.1. The molecule has 1 N–H and O–H groups in total. The monoisotopic (exact) mass is 318 g/mol. The third-order valence-corrected chi connectivity index (χ3v) is 3.54. The van der Waals surface area contributed by atoms with Crippen molar-refractivity contribution in [2.45, 2.75) is 13.5 Å². The average Bonchev–Trinajstić information content (AvgIpc) is 2.41. The number of nitriles is 1. The Labute approximate surface area is 120 Å². The molecule has 0 bridgehead atoms. The van der Waals surface area contributed by atoms with Crippen LogP contribution in [0.2, 0.25) is 0 Å². The van der Waals surface area contributed by atoms with E-state index in [1.807, 2.05) is 37.3 Å².